The number of amides is 1. The summed E-state index contributed by atoms with van der Waals surface area (Å²) in [5.41, 5.74) is 3.16. The molecule has 1 aromatic carbocycles. The van der Waals surface area contributed by atoms with Gasteiger partial charge in [-0.1, -0.05) is 18.5 Å². The highest BCUT2D eigenvalue weighted by molar-refractivity contribution is 7.16. The number of hydrogen-bond donors (Lipinski definition) is 2. The van der Waals surface area contributed by atoms with Gasteiger partial charge in [0, 0.05) is 5.92 Å². The van der Waals surface area contributed by atoms with E-state index >= 15 is 0 Å². The summed E-state index contributed by atoms with van der Waals surface area (Å²) in [5.74, 6) is 0.397. The monoisotopic (exact) mass is 295 g/mol. The summed E-state index contributed by atoms with van der Waals surface area (Å²) in [7, 11) is 0. The van der Waals surface area contributed by atoms with Crippen molar-refractivity contribution in [3.8, 4) is 0 Å². The minimum atomic E-state index is -0.0220. The number of halogens is 1. The Morgan fingerprint density at radius 2 is 2.37 bits per heavy atom. The number of anilines is 1. The van der Waals surface area contributed by atoms with Gasteiger partial charge >= 0.3 is 0 Å². The van der Waals surface area contributed by atoms with E-state index in [0.29, 0.717) is 16.6 Å². The van der Waals surface area contributed by atoms with E-state index in [1.54, 1.807) is 11.6 Å². The molecule has 19 heavy (non-hydrogen) atoms. The predicted molar refractivity (Wildman–Crippen MR) is 78.8 cm³/mol. The van der Waals surface area contributed by atoms with Crippen LogP contribution >= 0.6 is 22.9 Å². The van der Waals surface area contributed by atoms with Crippen LogP contribution in [-0.2, 0) is 4.79 Å². The van der Waals surface area contributed by atoms with Crippen molar-refractivity contribution in [2.24, 2.45) is 11.8 Å². The molecule has 0 spiro atoms. The Bertz CT molecular complexity index is 623. The van der Waals surface area contributed by atoms with Crippen molar-refractivity contribution < 1.29 is 4.79 Å². The van der Waals surface area contributed by atoms with Crippen LogP contribution in [0.15, 0.2) is 17.6 Å². The zero-order valence-electron chi connectivity index (χ0n) is 10.4. The van der Waals surface area contributed by atoms with Crippen molar-refractivity contribution in [2.75, 3.05) is 18.4 Å². The highest BCUT2D eigenvalue weighted by Crippen LogP contribution is 2.33. The van der Waals surface area contributed by atoms with E-state index in [2.05, 4.69) is 15.6 Å². The van der Waals surface area contributed by atoms with E-state index in [9.17, 15) is 4.79 Å². The molecule has 0 bridgehead atoms. The molecule has 1 aromatic heterocycles. The molecule has 0 aliphatic carbocycles. The average molecular weight is 296 g/mol. The quantitative estimate of drug-likeness (QED) is 0.915. The smallest absolute Gasteiger partial charge is 0.227 e. The van der Waals surface area contributed by atoms with Gasteiger partial charge in [0.15, 0.2) is 0 Å². The summed E-state index contributed by atoms with van der Waals surface area (Å²) in [6.07, 6.45) is 0. The van der Waals surface area contributed by atoms with E-state index < -0.39 is 0 Å². The van der Waals surface area contributed by atoms with Gasteiger partial charge in [-0.3, -0.25) is 4.79 Å². The fraction of sp³-hybridized carbons (Fsp3) is 0.385. The molecule has 4 nitrogen and oxygen atoms in total. The van der Waals surface area contributed by atoms with Crippen molar-refractivity contribution in [3.63, 3.8) is 0 Å². The molecule has 2 N–H and O–H groups in total. The van der Waals surface area contributed by atoms with Gasteiger partial charge in [0.25, 0.3) is 0 Å². The highest BCUT2D eigenvalue weighted by Gasteiger charge is 2.29. The summed E-state index contributed by atoms with van der Waals surface area (Å²) in [6, 6.07) is 3.72. The summed E-state index contributed by atoms with van der Waals surface area (Å²) in [5, 5.41) is 6.65. The van der Waals surface area contributed by atoms with Crippen LogP contribution in [0.25, 0.3) is 10.2 Å². The molecular formula is C13H14ClN3OS. The zero-order chi connectivity index (χ0) is 13.4. The van der Waals surface area contributed by atoms with Gasteiger partial charge < -0.3 is 10.6 Å². The van der Waals surface area contributed by atoms with Crippen molar-refractivity contribution in [2.45, 2.75) is 6.92 Å². The summed E-state index contributed by atoms with van der Waals surface area (Å²) in [4.78, 5) is 16.5. The summed E-state index contributed by atoms with van der Waals surface area (Å²) in [6.45, 7) is 3.77. The first-order chi connectivity index (χ1) is 9.16. The highest BCUT2D eigenvalue weighted by atomic mass is 35.5. The Labute approximate surface area is 120 Å². The third-order valence-electron chi connectivity index (χ3n) is 3.63. The second-order valence-electron chi connectivity index (χ2n) is 4.82. The van der Waals surface area contributed by atoms with Gasteiger partial charge in [-0.15, -0.1) is 11.3 Å². The molecule has 1 atom stereocenters. The van der Waals surface area contributed by atoms with Crippen LogP contribution in [0, 0.1) is 11.8 Å². The normalized spacial score (nSPS) is 17.2. The number of carbonyl (C=O) groups excluding carboxylic acids is 1. The average Bonchev–Trinajstić information content (AvgIpc) is 2.78. The lowest BCUT2D eigenvalue weighted by Crippen LogP contribution is -2.48. The van der Waals surface area contributed by atoms with Gasteiger partial charge in [-0.2, -0.15) is 0 Å². The van der Waals surface area contributed by atoms with Crippen molar-refractivity contribution in [1.29, 1.82) is 0 Å². The molecule has 1 unspecified atom stereocenters. The molecule has 1 aliphatic heterocycles. The number of thiazole rings is 1. The van der Waals surface area contributed by atoms with Gasteiger partial charge in [0.2, 0.25) is 5.91 Å². The standard InChI is InChI=1S/C13H14ClN3OS/c1-7(8-4-15-5-8)13(18)17-11-9(14)2-3-10-12(11)16-6-19-10/h2-3,6-8,15H,4-5H2,1H3,(H,17,18). The van der Waals surface area contributed by atoms with Crippen molar-refractivity contribution in [1.82, 2.24) is 10.3 Å². The molecule has 0 saturated carbocycles. The third kappa shape index (κ3) is 2.33. The Balaban J connectivity index is 1.86. The van der Waals surface area contributed by atoms with Crippen LogP contribution in [-0.4, -0.2) is 24.0 Å². The maximum absolute atomic E-state index is 12.2. The second kappa shape index (κ2) is 5.07. The van der Waals surface area contributed by atoms with E-state index in [-0.39, 0.29) is 11.8 Å². The fourth-order valence-electron chi connectivity index (χ4n) is 2.14. The maximum atomic E-state index is 12.2. The molecule has 100 valence electrons. The molecule has 1 amide bonds. The van der Waals surface area contributed by atoms with Crippen LogP contribution in [0.5, 0.6) is 0 Å². The molecule has 1 saturated heterocycles. The molecule has 6 heteroatoms. The van der Waals surface area contributed by atoms with Gasteiger partial charge in [-0.05, 0) is 31.1 Å². The Hall–Kier alpha value is -1.17. The second-order valence-corrected chi connectivity index (χ2v) is 6.11. The van der Waals surface area contributed by atoms with Crippen LogP contribution in [0.3, 0.4) is 0 Å². The lowest BCUT2D eigenvalue weighted by molar-refractivity contribution is -0.121. The summed E-state index contributed by atoms with van der Waals surface area (Å²) < 4.78 is 1.03. The lowest BCUT2D eigenvalue weighted by Gasteiger charge is -2.31. The Kier molecular flexibility index (Phi) is 3.43. The molecule has 1 fully saturated rings. The topological polar surface area (TPSA) is 54.0 Å². The SMILES string of the molecule is CC(C(=O)Nc1c(Cl)ccc2scnc12)C1CNC1. The number of fused-ring (bicyclic) bond motifs is 1. The van der Waals surface area contributed by atoms with Crippen LogP contribution in [0.2, 0.25) is 5.02 Å². The van der Waals surface area contributed by atoms with Gasteiger partial charge in [0.1, 0.15) is 5.52 Å². The number of nitrogens with one attached hydrogen (secondary N) is 2. The fourth-order valence-corrected chi connectivity index (χ4v) is 3.03. The van der Waals surface area contributed by atoms with E-state index in [0.717, 1.165) is 23.3 Å². The van der Waals surface area contributed by atoms with Gasteiger partial charge in [-0.25, -0.2) is 4.98 Å². The third-order valence-corrected chi connectivity index (χ3v) is 4.74. The molecule has 1 aliphatic rings. The number of benzene rings is 1. The molecule has 3 rings (SSSR count). The largest absolute Gasteiger partial charge is 0.323 e. The molecular weight excluding hydrogens is 282 g/mol. The van der Waals surface area contributed by atoms with Crippen LogP contribution in [0.4, 0.5) is 5.69 Å². The minimum absolute atomic E-state index is 0.00824. The first-order valence-corrected chi connectivity index (χ1v) is 7.46. The number of hydrogen-bond acceptors (Lipinski definition) is 4. The van der Waals surface area contributed by atoms with E-state index in [1.807, 2.05) is 13.0 Å². The zero-order valence-corrected chi connectivity index (χ0v) is 12.0. The Morgan fingerprint density at radius 3 is 3.05 bits per heavy atom. The van der Waals surface area contributed by atoms with Crippen molar-refractivity contribution in [3.05, 3.63) is 22.7 Å². The van der Waals surface area contributed by atoms with Gasteiger partial charge in [0.05, 0.1) is 20.9 Å². The van der Waals surface area contributed by atoms with E-state index in [1.165, 1.54) is 11.3 Å². The summed E-state index contributed by atoms with van der Waals surface area (Å²) >= 11 is 7.71. The van der Waals surface area contributed by atoms with Crippen LogP contribution < -0.4 is 10.6 Å². The molecule has 2 heterocycles. The number of aromatic nitrogens is 1. The number of rotatable bonds is 3. The van der Waals surface area contributed by atoms with E-state index in [4.69, 9.17) is 11.6 Å². The number of carbonyl (C=O) groups is 1. The molecule has 2 aromatic rings. The maximum Gasteiger partial charge on any atom is 0.227 e. The first kappa shape index (κ1) is 12.8. The van der Waals surface area contributed by atoms with Crippen molar-refractivity contribution >= 4 is 44.7 Å². The molecule has 0 radical (unpaired) electrons. The lowest BCUT2D eigenvalue weighted by atomic mass is 9.88. The number of nitrogens with zero attached hydrogens (tertiary/aromatic N) is 1. The van der Waals surface area contributed by atoms with Crippen LogP contribution in [0.1, 0.15) is 6.92 Å². The first-order valence-electron chi connectivity index (χ1n) is 6.20. The Morgan fingerprint density at radius 1 is 1.58 bits per heavy atom. The predicted octanol–water partition coefficient (Wildman–Crippen LogP) is 2.74. The minimum Gasteiger partial charge on any atom is -0.323 e.